The second-order valence-corrected chi connectivity index (χ2v) is 6.64. The van der Waals surface area contributed by atoms with Gasteiger partial charge in [-0.25, -0.2) is 9.80 Å². The van der Waals surface area contributed by atoms with Gasteiger partial charge in [-0.2, -0.15) is 5.10 Å². The van der Waals surface area contributed by atoms with Gasteiger partial charge in [-0.05, 0) is 18.2 Å². The lowest BCUT2D eigenvalue weighted by Crippen LogP contribution is -2.48. The van der Waals surface area contributed by atoms with Crippen molar-refractivity contribution < 1.29 is 24.2 Å². The number of aliphatic carboxylic acids is 1. The molecule has 2 N–H and O–H groups in total. The molecule has 0 saturated carbocycles. The highest BCUT2D eigenvalue weighted by Gasteiger charge is 2.57. The molecular weight excluding hydrogens is 374 g/mol. The Hall–Kier alpha value is -3.94. The van der Waals surface area contributed by atoms with Crippen LogP contribution in [0.2, 0.25) is 0 Å². The molecular formula is C21H17N3O5. The summed E-state index contributed by atoms with van der Waals surface area (Å²) in [7, 11) is 1.55. The number of hydrogen-bond acceptors (Lipinski definition) is 5. The minimum atomic E-state index is -1.38. The number of carboxylic acid groups (broad SMARTS) is 1. The number of nitrogens with one attached hydrogen (secondary N) is 1. The number of carbonyl (C=O) groups is 3. The predicted octanol–water partition coefficient (Wildman–Crippen LogP) is 2.12. The topological polar surface area (TPSA) is 108 Å². The first-order valence-corrected chi connectivity index (χ1v) is 8.84. The van der Waals surface area contributed by atoms with Crippen LogP contribution in [0, 0.1) is 0 Å². The molecule has 2 aliphatic heterocycles. The van der Waals surface area contributed by atoms with Crippen molar-refractivity contribution in [3.05, 3.63) is 71.8 Å². The molecule has 0 radical (unpaired) electrons. The van der Waals surface area contributed by atoms with E-state index < -0.39 is 23.3 Å². The van der Waals surface area contributed by atoms with Crippen LogP contribution in [-0.2, 0) is 19.9 Å². The molecule has 29 heavy (non-hydrogen) atoms. The lowest BCUT2D eigenvalue weighted by molar-refractivity contribution is -0.140. The van der Waals surface area contributed by atoms with Crippen LogP contribution < -0.4 is 10.1 Å². The highest BCUT2D eigenvalue weighted by Crippen LogP contribution is 2.47. The zero-order chi connectivity index (χ0) is 20.6. The normalized spacial score (nSPS) is 20.0. The number of fused-ring (bicyclic) bond motifs is 2. The summed E-state index contributed by atoms with van der Waals surface area (Å²) < 4.78 is 5.26. The third-order valence-corrected chi connectivity index (χ3v) is 4.98. The summed E-state index contributed by atoms with van der Waals surface area (Å²) in [5.74, 6) is -1.74. The highest BCUT2D eigenvalue weighted by molar-refractivity contribution is 6.15. The number of hydrogen-bond donors (Lipinski definition) is 2. The molecule has 1 spiro atoms. The van der Waals surface area contributed by atoms with Crippen LogP contribution in [0.1, 0.15) is 17.5 Å². The van der Waals surface area contributed by atoms with E-state index in [1.54, 1.807) is 49.6 Å². The van der Waals surface area contributed by atoms with Gasteiger partial charge in [-0.15, -0.1) is 0 Å². The first-order valence-electron chi connectivity index (χ1n) is 8.84. The molecule has 8 nitrogen and oxygen atoms in total. The number of carboxylic acids is 1. The Balaban J connectivity index is 1.84. The smallest absolute Gasteiger partial charge is 0.328 e. The summed E-state index contributed by atoms with van der Waals surface area (Å²) in [6.07, 6.45) is 1.78. The third-order valence-electron chi connectivity index (χ3n) is 4.98. The molecule has 0 aromatic heterocycles. The Morgan fingerprint density at radius 1 is 1.21 bits per heavy atom. The average Bonchev–Trinajstić information content (AvgIpc) is 3.26. The van der Waals surface area contributed by atoms with E-state index in [1.165, 1.54) is 0 Å². The number of carbonyl (C=O) groups excluding carboxylic acids is 2. The van der Waals surface area contributed by atoms with Crippen molar-refractivity contribution in [2.24, 2.45) is 5.10 Å². The molecule has 2 aromatic carbocycles. The molecule has 2 heterocycles. The number of benzene rings is 2. The molecule has 0 aliphatic carbocycles. The molecule has 1 atom stereocenters. The Morgan fingerprint density at radius 2 is 2.00 bits per heavy atom. The van der Waals surface area contributed by atoms with Gasteiger partial charge in [0.15, 0.2) is 5.54 Å². The van der Waals surface area contributed by atoms with Crippen LogP contribution in [0.15, 0.2) is 65.8 Å². The maximum absolute atomic E-state index is 13.1. The number of anilines is 1. The van der Waals surface area contributed by atoms with Gasteiger partial charge in [0.05, 0.1) is 12.8 Å². The second kappa shape index (κ2) is 6.90. The maximum Gasteiger partial charge on any atom is 0.328 e. The Kier molecular flexibility index (Phi) is 4.38. The van der Waals surface area contributed by atoms with E-state index in [2.05, 4.69) is 10.4 Å². The molecule has 2 aliphatic rings. The second-order valence-electron chi connectivity index (χ2n) is 6.64. The quantitative estimate of drug-likeness (QED) is 0.776. The molecule has 0 bridgehead atoms. The van der Waals surface area contributed by atoms with Crippen molar-refractivity contribution in [3.8, 4) is 5.75 Å². The summed E-state index contributed by atoms with van der Waals surface area (Å²) in [5, 5.41) is 17.2. The number of ether oxygens (including phenoxy) is 1. The van der Waals surface area contributed by atoms with Crippen molar-refractivity contribution in [3.63, 3.8) is 0 Å². The first-order chi connectivity index (χ1) is 14.0. The van der Waals surface area contributed by atoms with E-state index in [1.807, 2.05) is 6.07 Å². The summed E-state index contributed by atoms with van der Waals surface area (Å²) in [6, 6.07) is 14.2. The largest absolute Gasteiger partial charge is 0.497 e. The van der Waals surface area contributed by atoms with Gasteiger partial charge in [0, 0.05) is 35.4 Å². The fourth-order valence-corrected chi connectivity index (χ4v) is 3.66. The number of amides is 2. The van der Waals surface area contributed by atoms with E-state index in [9.17, 15) is 14.4 Å². The van der Waals surface area contributed by atoms with E-state index in [0.717, 1.165) is 17.2 Å². The summed E-state index contributed by atoms with van der Waals surface area (Å²) in [4.78, 5) is 36.8. The Bertz CT molecular complexity index is 1090. The first kappa shape index (κ1) is 18.4. The summed E-state index contributed by atoms with van der Waals surface area (Å²) >= 11 is 0. The molecule has 146 valence electrons. The van der Waals surface area contributed by atoms with E-state index in [-0.39, 0.29) is 6.42 Å². The molecule has 0 fully saturated rings. The van der Waals surface area contributed by atoms with Crippen molar-refractivity contribution in [1.82, 2.24) is 5.01 Å². The summed E-state index contributed by atoms with van der Waals surface area (Å²) in [5.41, 5.74) is 1.06. The molecule has 2 amide bonds. The van der Waals surface area contributed by atoms with E-state index in [0.29, 0.717) is 28.3 Å². The van der Waals surface area contributed by atoms with Gasteiger partial charge in [0.25, 0.3) is 11.8 Å². The highest BCUT2D eigenvalue weighted by atomic mass is 16.5. The Labute approximate surface area is 166 Å². The van der Waals surface area contributed by atoms with Crippen molar-refractivity contribution in [2.45, 2.75) is 12.0 Å². The van der Waals surface area contributed by atoms with Crippen LogP contribution in [0.5, 0.6) is 5.75 Å². The SMILES string of the molecule is COc1cccc(C2=NN(C(=O)C=CC(=O)O)C3(C2)C(=O)Nc2ccccc23)c1. The van der Waals surface area contributed by atoms with Crippen LogP contribution in [0.3, 0.4) is 0 Å². The summed E-state index contributed by atoms with van der Waals surface area (Å²) in [6.45, 7) is 0. The van der Waals surface area contributed by atoms with Gasteiger partial charge >= 0.3 is 5.97 Å². The Morgan fingerprint density at radius 3 is 2.76 bits per heavy atom. The fourth-order valence-electron chi connectivity index (χ4n) is 3.66. The van der Waals surface area contributed by atoms with Crippen LogP contribution in [-0.4, -0.2) is 40.7 Å². The minimum absolute atomic E-state index is 0.148. The van der Waals surface area contributed by atoms with Gasteiger partial charge in [-0.3, -0.25) is 9.59 Å². The van der Waals surface area contributed by atoms with Gasteiger partial charge in [0.2, 0.25) is 0 Å². The van der Waals surface area contributed by atoms with Gasteiger partial charge in [-0.1, -0.05) is 30.3 Å². The molecule has 0 saturated heterocycles. The zero-order valence-corrected chi connectivity index (χ0v) is 15.5. The van der Waals surface area contributed by atoms with Crippen molar-refractivity contribution in [2.75, 3.05) is 12.4 Å². The van der Waals surface area contributed by atoms with Crippen LogP contribution in [0.25, 0.3) is 0 Å². The standard InChI is InChI=1S/C21H17N3O5/c1-29-14-6-4-5-13(11-14)17-12-21(24(23-17)18(25)9-10-19(26)27)15-7-2-3-8-16(15)22-20(21)28/h2-11H,12H2,1H3,(H,22,28)(H,26,27). The fraction of sp³-hybridized carbons (Fsp3) is 0.143. The van der Waals surface area contributed by atoms with E-state index in [4.69, 9.17) is 9.84 Å². The lowest BCUT2D eigenvalue weighted by atomic mass is 9.85. The number of hydrazone groups is 1. The number of para-hydroxylation sites is 1. The lowest BCUT2D eigenvalue weighted by Gasteiger charge is -2.29. The molecule has 2 aromatic rings. The molecule has 4 rings (SSSR count). The van der Waals surface area contributed by atoms with Crippen LogP contribution in [0.4, 0.5) is 5.69 Å². The number of nitrogens with zero attached hydrogens (tertiary/aromatic N) is 2. The number of rotatable bonds is 4. The van der Waals surface area contributed by atoms with Crippen LogP contribution >= 0.6 is 0 Å². The zero-order valence-electron chi connectivity index (χ0n) is 15.5. The van der Waals surface area contributed by atoms with Crippen molar-refractivity contribution in [1.29, 1.82) is 0 Å². The maximum atomic E-state index is 13.1. The van der Waals surface area contributed by atoms with E-state index >= 15 is 0 Å². The number of methoxy groups -OCH3 is 1. The average molecular weight is 391 g/mol. The van der Waals surface area contributed by atoms with Crippen molar-refractivity contribution >= 4 is 29.2 Å². The van der Waals surface area contributed by atoms with Gasteiger partial charge < -0.3 is 15.2 Å². The van der Waals surface area contributed by atoms with Gasteiger partial charge in [0.1, 0.15) is 5.75 Å². The minimum Gasteiger partial charge on any atom is -0.497 e. The molecule has 1 unspecified atom stereocenters. The molecule has 8 heteroatoms. The third kappa shape index (κ3) is 2.94. The monoisotopic (exact) mass is 391 g/mol. The predicted molar refractivity (Wildman–Crippen MR) is 105 cm³/mol.